The molecule has 1 fully saturated rings. The molecule has 2 aromatic rings. The summed E-state index contributed by atoms with van der Waals surface area (Å²) in [6, 6.07) is 10.9. The summed E-state index contributed by atoms with van der Waals surface area (Å²) in [4.78, 5) is 37.6. The zero-order valence-electron chi connectivity index (χ0n) is 15.6. The Balaban J connectivity index is 1.89. The van der Waals surface area contributed by atoms with Gasteiger partial charge in [-0.05, 0) is 29.9 Å². The maximum Gasteiger partial charge on any atom is 0.263 e. The lowest BCUT2D eigenvalue weighted by molar-refractivity contribution is 0.0961. The van der Waals surface area contributed by atoms with Crippen LogP contribution in [-0.4, -0.2) is 37.0 Å². The average molecular weight is 368 g/mol. The monoisotopic (exact) mass is 368 g/mol. The Morgan fingerprint density at radius 2 is 1.96 bits per heavy atom. The summed E-state index contributed by atoms with van der Waals surface area (Å²) < 4.78 is 6.58. The zero-order valence-corrected chi connectivity index (χ0v) is 15.6. The fourth-order valence-corrected chi connectivity index (χ4v) is 3.32. The van der Waals surface area contributed by atoms with Gasteiger partial charge in [-0.25, -0.2) is 0 Å². The van der Waals surface area contributed by atoms with E-state index in [1.807, 2.05) is 30.3 Å². The van der Waals surface area contributed by atoms with Crippen molar-refractivity contribution in [2.45, 2.75) is 19.4 Å². The van der Waals surface area contributed by atoms with E-state index in [1.54, 1.807) is 13.3 Å². The van der Waals surface area contributed by atoms with Crippen molar-refractivity contribution in [1.29, 1.82) is 0 Å². The quantitative estimate of drug-likeness (QED) is 0.724. The average Bonchev–Trinajstić information content (AvgIpc) is 3.41. The lowest BCUT2D eigenvalue weighted by Crippen LogP contribution is -2.32. The lowest BCUT2D eigenvalue weighted by Gasteiger charge is -2.11. The fraction of sp³-hybridized carbons (Fsp3) is 0.381. The fourth-order valence-electron chi connectivity index (χ4n) is 3.32. The minimum absolute atomic E-state index is 0.0106. The smallest absolute Gasteiger partial charge is 0.263 e. The van der Waals surface area contributed by atoms with E-state index >= 15 is 0 Å². The molecule has 6 nitrogen and oxygen atoms in total. The van der Waals surface area contributed by atoms with Gasteiger partial charge in [0.25, 0.3) is 11.5 Å². The van der Waals surface area contributed by atoms with Gasteiger partial charge in [0.15, 0.2) is 5.78 Å². The van der Waals surface area contributed by atoms with Gasteiger partial charge in [-0.3, -0.25) is 14.4 Å². The number of ether oxygens (including phenoxy) is 1. The van der Waals surface area contributed by atoms with Crippen LogP contribution in [-0.2, 0) is 11.3 Å². The van der Waals surface area contributed by atoms with E-state index in [2.05, 4.69) is 5.32 Å². The standard InChI is InChI=1S/C21H24N2O4/c1-22-20(25)18-9-16(19(24)10-15-8-17(15)13-27-2)12-23(21(18)26)11-14-6-4-3-5-7-14/h3-7,9,12,15,17H,8,10-11,13H2,1-2H3,(H,22,25)/t15-,17-/m1/s1. The van der Waals surface area contributed by atoms with Crippen LogP contribution in [0.4, 0.5) is 0 Å². The third kappa shape index (κ3) is 4.52. The van der Waals surface area contributed by atoms with Crippen molar-refractivity contribution in [3.8, 4) is 0 Å². The lowest BCUT2D eigenvalue weighted by atomic mass is 10.0. The Kier molecular flexibility index (Phi) is 5.86. The summed E-state index contributed by atoms with van der Waals surface area (Å²) in [6.07, 6.45) is 2.95. The number of ketones is 1. The van der Waals surface area contributed by atoms with Gasteiger partial charge in [0.2, 0.25) is 0 Å². The van der Waals surface area contributed by atoms with E-state index in [-0.39, 0.29) is 11.3 Å². The third-order valence-corrected chi connectivity index (χ3v) is 4.97. The molecular weight excluding hydrogens is 344 g/mol. The van der Waals surface area contributed by atoms with Gasteiger partial charge in [-0.15, -0.1) is 0 Å². The highest BCUT2D eigenvalue weighted by Crippen LogP contribution is 2.41. The first-order valence-corrected chi connectivity index (χ1v) is 9.06. The molecule has 6 heteroatoms. The van der Waals surface area contributed by atoms with Gasteiger partial charge in [0.1, 0.15) is 5.56 Å². The number of pyridine rings is 1. The van der Waals surface area contributed by atoms with E-state index in [9.17, 15) is 14.4 Å². The van der Waals surface area contributed by atoms with Crippen LogP contribution in [0.5, 0.6) is 0 Å². The Morgan fingerprint density at radius 1 is 1.22 bits per heavy atom. The molecule has 1 N–H and O–H groups in total. The minimum atomic E-state index is -0.486. The van der Waals surface area contributed by atoms with Crippen molar-refractivity contribution in [3.05, 3.63) is 69.6 Å². The molecule has 0 radical (unpaired) electrons. The van der Waals surface area contributed by atoms with Crippen LogP contribution >= 0.6 is 0 Å². The van der Waals surface area contributed by atoms with E-state index in [0.29, 0.717) is 37.0 Å². The molecule has 2 atom stereocenters. The van der Waals surface area contributed by atoms with Gasteiger partial charge in [0, 0.05) is 38.9 Å². The SMILES string of the molecule is CNC(=O)c1cc(C(=O)C[C@H]2C[C@@H]2COC)cn(Cc2ccccc2)c1=O. The van der Waals surface area contributed by atoms with Crippen molar-refractivity contribution >= 4 is 11.7 Å². The molecule has 1 heterocycles. The number of hydrogen-bond acceptors (Lipinski definition) is 4. The van der Waals surface area contributed by atoms with E-state index in [4.69, 9.17) is 4.74 Å². The molecule has 0 bridgehead atoms. The van der Waals surface area contributed by atoms with Crippen LogP contribution in [0.3, 0.4) is 0 Å². The maximum atomic E-state index is 12.7. The molecule has 0 unspecified atom stereocenters. The number of amides is 1. The van der Waals surface area contributed by atoms with E-state index < -0.39 is 11.5 Å². The van der Waals surface area contributed by atoms with Crippen LogP contribution < -0.4 is 10.9 Å². The van der Waals surface area contributed by atoms with Crippen LogP contribution in [0.1, 0.15) is 39.1 Å². The minimum Gasteiger partial charge on any atom is -0.384 e. The molecule has 142 valence electrons. The number of nitrogens with one attached hydrogen (secondary N) is 1. The van der Waals surface area contributed by atoms with Crippen LogP contribution in [0.15, 0.2) is 47.4 Å². The van der Waals surface area contributed by atoms with Crippen LogP contribution in [0, 0.1) is 11.8 Å². The third-order valence-electron chi connectivity index (χ3n) is 4.97. The maximum absolute atomic E-state index is 12.7. The molecule has 1 aromatic heterocycles. The topological polar surface area (TPSA) is 77.4 Å². The molecule has 0 saturated heterocycles. The second-order valence-electron chi connectivity index (χ2n) is 6.98. The molecular formula is C21H24N2O4. The largest absolute Gasteiger partial charge is 0.384 e. The zero-order chi connectivity index (χ0) is 19.4. The number of methoxy groups -OCH3 is 1. The number of carbonyl (C=O) groups is 2. The summed E-state index contributed by atoms with van der Waals surface area (Å²) in [7, 11) is 3.13. The van der Waals surface area contributed by atoms with E-state index in [1.165, 1.54) is 17.7 Å². The highest BCUT2D eigenvalue weighted by atomic mass is 16.5. The molecule has 3 rings (SSSR count). The predicted octanol–water partition coefficient (Wildman–Crippen LogP) is 2.11. The Bertz CT molecular complexity index is 889. The number of Topliss-reactive ketones (excluding diaryl/α,β-unsaturated/α-hetero) is 1. The highest BCUT2D eigenvalue weighted by molar-refractivity contribution is 6.00. The number of benzene rings is 1. The molecule has 1 aliphatic carbocycles. The number of hydrogen-bond donors (Lipinski definition) is 1. The second-order valence-corrected chi connectivity index (χ2v) is 6.98. The number of aromatic nitrogens is 1. The van der Waals surface area contributed by atoms with Gasteiger partial charge < -0.3 is 14.6 Å². The Labute approximate surface area is 158 Å². The molecule has 1 aromatic carbocycles. The van der Waals surface area contributed by atoms with Crippen LogP contribution in [0.25, 0.3) is 0 Å². The molecule has 1 amide bonds. The van der Waals surface area contributed by atoms with E-state index in [0.717, 1.165) is 12.0 Å². The molecule has 1 aliphatic rings. The molecule has 27 heavy (non-hydrogen) atoms. The predicted molar refractivity (Wildman–Crippen MR) is 102 cm³/mol. The summed E-state index contributed by atoms with van der Waals surface area (Å²) in [5, 5.41) is 2.48. The van der Waals surface area contributed by atoms with Crippen molar-refractivity contribution in [1.82, 2.24) is 9.88 Å². The summed E-state index contributed by atoms with van der Waals surface area (Å²) in [5.41, 5.74) is 0.906. The van der Waals surface area contributed by atoms with Gasteiger partial charge in [-0.2, -0.15) is 0 Å². The highest BCUT2D eigenvalue weighted by Gasteiger charge is 2.38. The van der Waals surface area contributed by atoms with Crippen LogP contribution in [0.2, 0.25) is 0 Å². The second kappa shape index (κ2) is 8.31. The molecule has 0 aliphatic heterocycles. The van der Waals surface area contributed by atoms with Gasteiger partial charge in [-0.1, -0.05) is 30.3 Å². The Hall–Kier alpha value is -2.73. The van der Waals surface area contributed by atoms with Crippen molar-refractivity contribution in [2.75, 3.05) is 20.8 Å². The number of carbonyl (C=O) groups excluding carboxylic acids is 2. The van der Waals surface area contributed by atoms with Gasteiger partial charge in [0.05, 0.1) is 6.54 Å². The number of nitrogens with zero attached hydrogens (tertiary/aromatic N) is 1. The summed E-state index contributed by atoms with van der Waals surface area (Å²) in [6.45, 7) is 0.968. The summed E-state index contributed by atoms with van der Waals surface area (Å²) in [5.74, 6) is 0.202. The normalized spacial score (nSPS) is 18.1. The van der Waals surface area contributed by atoms with Gasteiger partial charge >= 0.3 is 0 Å². The molecule has 0 spiro atoms. The van der Waals surface area contributed by atoms with Crippen molar-refractivity contribution < 1.29 is 14.3 Å². The summed E-state index contributed by atoms with van der Waals surface area (Å²) >= 11 is 0. The van der Waals surface area contributed by atoms with Crippen molar-refractivity contribution in [3.63, 3.8) is 0 Å². The molecule has 1 saturated carbocycles. The first-order valence-electron chi connectivity index (χ1n) is 9.06. The Morgan fingerprint density at radius 3 is 2.63 bits per heavy atom. The number of rotatable bonds is 8. The first-order chi connectivity index (χ1) is 13.0. The van der Waals surface area contributed by atoms with Crippen molar-refractivity contribution in [2.24, 2.45) is 11.8 Å². The first kappa shape index (κ1) is 19.0.